The summed E-state index contributed by atoms with van der Waals surface area (Å²) in [4.78, 5) is 0. The summed E-state index contributed by atoms with van der Waals surface area (Å²) in [5.41, 5.74) is 9.68. The van der Waals surface area contributed by atoms with Crippen LogP contribution in [0, 0.1) is 29.1 Å². The highest BCUT2D eigenvalue weighted by Crippen LogP contribution is 2.60. The van der Waals surface area contributed by atoms with Gasteiger partial charge >= 0.3 is 0 Å². The fraction of sp³-hybridized carbons (Fsp3) is 0.429. The second-order valence-electron chi connectivity index (χ2n) is 10.1. The van der Waals surface area contributed by atoms with Crippen LogP contribution in [-0.2, 0) is 19.9 Å². The molecule has 1 heteroatoms. The second kappa shape index (κ2) is 6.11. The lowest BCUT2D eigenvalue weighted by atomic mass is 9.71. The molecule has 1 nitrogen and oxygen atoms in total. The number of hydrogen-bond donors (Lipinski definition) is 0. The molecule has 0 saturated heterocycles. The Morgan fingerprint density at radius 1 is 0.931 bits per heavy atom. The molecule has 29 heavy (non-hydrogen) atoms. The number of aromatic nitrogens is 1. The lowest BCUT2D eigenvalue weighted by molar-refractivity contribution is 0.320. The van der Waals surface area contributed by atoms with E-state index in [1.54, 1.807) is 22.3 Å². The van der Waals surface area contributed by atoms with Gasteiger partial charge in [0, 0.05) is 24.4 Å². The van der Waals surface area contributed by atoms with Crippen molar-refractivity contribution in [1.82, 2.24) is 4.57 Å². The predicted octanol–water partition coefficient (Wildman–Crippen LogP) is 6.44. The van der Waals surface area contributed by atoms with Crippen LogP contribution in [-0.4, -0.2) is 4.57 Å². The molecule has 0 amide bonds. The molecule has 6 rings (SSSR count). The molecule has 148 valence electrons. The first-order valence-electron chi connectivity index (χ1n) is 11.4. The van der Waals surface area contributed by atoms with Crippen molar-refractivity contribution in [1.29, 1.82) is 0 Å². The lowest BCUT2D eigenvalue weighted by Crippen LogP contribution is -2.24. The van der Waals surface area contributed by atoms with Crippen molar-refractivity contribution in [2.75, 3.05) is 0 Å². The number of nitrogens with zero attached hydrogens (tertiary/aromatic N) is 1. The van der Waals surface area contributed by atoms with Crippen molar-refractivity contribution < 1.29 is 0 Å². The summed E-state index contributed by atoms with van der Waals surface area (Å²) in [6, 6.07) is 0. The van der Waals surface area contributed by atoms with Gasteiger partial charge in [-0.1, -0.05) is 68.0 Å². The van der Waals surface area contributed by atoms with Crippen LogP contribution in [0.3, 0.4) is 0 Å². The van der Waals surface area contributed by atoms with Crippen LogP contribution >= 0.6 is 0 Å². The van der Waals surface area contributed by atoms with Gasteiger partial charge in [0.2, 0.25) is 0 Å². The van der Waals surface area contributed by atoms with E-state index in [1.807, 2.05) is 0 Å². The molecule has 5 aliphatic carbocycles. The molecule has 0 bridgehead atoms. The summed E-state index contributed by atoms with van der Waals surface area (Å²) in [5, 5.41) is 0. The SMILES string of the molecule is Cn1c2c(c3c1C=CC(C1=C4C(CC=C1)C1C=CC=CC1C4(C)C)C3)CCC=C2. The van der Waals surface area contributed by atoms with E-state index in [0.29, 0.717) is 23.7 Å². The minimum Gasteiger partial charge on any atom is -0.344 e. The molecule has 5 aliphatic rings. The molecule has 0 spiro atoms. The molecule has 1 aromatic heterocycles. The predicted molar refractivity (Wildman–Crippen MR) is 122 cm³/mol. The van der Waals surface area contributed by atoms with Crippen molar-refractivity contribution in [3.8, 4) is 0 Å². The molecule has 0 aliphatic heterocycles. The fourth-order valence-electron chi connectivity index (χ4n) is 7.10. The van der Waals surface area contributed by atoms with Gasteiger partial charge < -0.3 is 4.57 Å². The van der Waals surface area contributed by atoms with E-state index in [0.717, 1.165) is 6.42 Å². The van der Waals surface area contributed by atoms with Gasteiger partial charge in [0.15, 0.2) is 0 Å². The van der Waals surface area contributed by atoms with E-state index in [2.05, 4.69) is 86.2 Å². The van der Waals surface area contributed by atoms with E-state index in [1.165, 1.54) is 30.7 Å². The summed E-state index contributed by atoms with van der Waals surface area (Å²) in [7, 11) is 2.24. The molecule has 4 atom stereocenters. The Kier molecular flexibility index (Phi) is 3.70. The zero-order chi connectivity index (χ0) is 19.8. The fourth-order valence-corrected chi connectivity index (χ4v) is 7.10. The standard InChI is InChI=1S/C28H31N/c1-28(2)24-13-6-4-9-20(24)22-12-8-11-19(27(22)28)18-15-16-26-23(17-18)21-10-5-7-14-25(21)29(26)3/h4,6-9,11,13-16,18,20,22,24H,5,10,12,17H2,1-3H3. The Hall–Kier alpha value is -2.28. The van der Waals surface area contributed by atoms with Gasteiger partial charge in [0.1, 0.15) is 0 Å². The minimum absolute atomic E-state index is 0.240. The normalized spacial score (nSPS) is 32.9. The summed E-state index contributed by atoms with van der Waals surface area (Å²) < 4.78 is 2.41. The molecule has 0 aromatic carbocycles. The van der Waals surface area contributed by atoms with E-state index in [-0.39, 0.29) is 5.41 Å². The third-order valence-corrected chi connectivity index (χ3v) is 8.39. The molecule has 1 heterocycles. The second-order valence-corrected chi connectivity index (χ2v) is 10.1. The Bertz CT molecular complexity index is 1060. The number of hydrogen-bond acceptors (Lipinski definition) is 0. The lowest BCUT2D eigenvalue weighted by Gasteiger charge is -2.34. The first-order chi connectivity index (χ1) is 14.1. The molecule has 1 saturated carbocycles. The van der Waals surface area contributed by atoms with E-state index in [4.69, 9.17) is 0 Å². The highest BCUT2D eigenvalue weighted by atomic mass is 15.0. The Morgan fingerprint density at radius 2 is 1.76 bits per heavy atom. The van der Waals surface area contributed by atoms with Crippen molar-refractivity contribution in [2.24, 2.45) is 36.1 Å². The van der Waals surface area contributed by atoms with Gasteiger partial charge in [0.05, 0.1) is 0 Å². The molecular weight excluding hydrogens is 350 g/mol. The van der Waals surface area contributed by atoms with Gasteiger partial charge in [-0.15, -0.1) is 0 Å². The summed E-state index contributed by atoms with van der Waals surface area (Å²) in [6.45, 7) is 4.99. The van der Waals surface area contributed by atoms with Crippen molar-refractivity contribution in [3.05, 3.63) is 82.3 Å². The Labute approximate surface area is 174 Å². The van der Waals surface area contributed by atoms with E-state index < -0.39 is 0 Å². The van der Waals surface area contributed by atoms with Crippen LogP contribution in [0.5, 0.6) is 0 Å². The maximum Gasteiger partial charge on any atom is 0.0441 e. The molecule has 1 aromatic rings. The zero-order valence-electron chi connectivity index (χ0n) is 17.9. The number of allylic oxidation sites excluding steroid dienone is 10. The van der Waals surface area contributed by atoms with Crippen LogP contribution in [0.1, 0.15) is 49.2 Å². The monoisotopic (exact) mass is 381 g/mol. The average Bonchev–Trinajstić information content (AvgIpc) is 3.18. The van der Waals surface area contributed by atoms with Gasteiger partial charge in [-0.25, -0.2) is 0 Å². The maximum atomic E-state index is 2.50. The van der Waals surface area contributed by atoms with Crippen LogP contribution < -0.4 is 0 Å². The molecule has 0 N–H and O–H groups in total. The zero-order valence-corrected chi connectivity index (χ0v) is 17.9. The van der Waals surface area contributed by atoms with Gasteiger partial charge in [-0.05, 0) is 77.7 Å². The van der Waals surface area contributed by atoms with Crippen molar-refractivity contribution in [2.45, 2.75) is 39.5 Å². The quantitative estimate of drug-likeness (QED) is 0.527. The molecular formula is C28H31N. The maximum absolute atomic E-state index is 2.50. The molecule has 0 radical (unpaired) electrons. The van der Waals surface area contributed by atoms with Crippen molar-refractivity contribution >= 4 is 12.2 Å². The Morgan fingerprint density at radius 3 is 2.66 bits per heavy atom. The Balaban J connectivity index is 1.45. The van der Waals surface area contributed by atoms with Crippen LogP contribution in [0.2, 0.25) is 0 Å². The summed E-state index contributed by atoms with van der Waals surface area (Å²) >= 11 is 0. The highest BCUT2D eigenvalue weighted by molar-refractivity contribution is 5.67. The van der Waals surface area contributed by atoms with E-state index in [9.17, 15) is 0 Å². The summed E-state index contributed by atoms with van der Waals surface area (Å²) in [6.07, 6.45) is 28.8. The third-order valence-electron chi connectivity index (χ3n) is 8.39. The van der Waals surface area contributed by atoms with Crippen LogP contribution in [0.4, 0.5) is 0 Å². The smallest absolute Gasteiger partial charge is 0.0441 e. The first-order valence-corrected chi connectivity index (χ1v) is 11.4. The highest BCUT2D eigenvalue weighted by Gasteiger charge is 2.51. The minimum atomic E-state index is 0.240. The van der Waals surface area contributed by atoms with Crippen LogP contribution in [0.25, 0.3) is 12.2 Å². The van der Waals surface area contributed by atoms with Gasteiger partial charge in [-0.3, -0.25) is 0 Å². The first kappa shape index (κ1) is 17.6. The average molecular weight is 382 g/mol. The third kappa shape index (κ3) is 2.34. The summed E-state index contributed by atoms with van der Waals surface area (Å²) in [5.74, 6) is 2.50. The molecule has 1 fully saturated rings. The number of fused-ring (bicyclic) bond motifs is 6. The molecule has 4 unspecified atom stereocenters. The largest absolute Gasteiger partial charge is 0.344 e. The van der Waals surface area contributed by atoms with Crippen LogP contribution in [0.15, 0.2) is 59.8 Å². The van der Waals surface area contributed by atoms with Gasteiger partial charge in [0.25, 0.3) is 0 Å². The van der Waals surface area contributed by atoms with Crippen molar-refractivity contribution in [3.63, 3.8) is 0 Å². The van der Waals surface area contributed by atoms with Gasteiger partial charge in [-0.2, -0.15) is 0 Å². The number of rotatable bonds is 1. The topological polar surface area (TPSA) is 4.93 Å². The van der Waals surface area contributed by atoms with E-state index >= 15 is 0 Å².